The Bertz CT molecular complexity index is 540. The summed E-state index contributed by atoms with van der Waals surface area (Å²) in [5.74, 6) is 0.334. The maximum Gasteiger partial charge on any atom is 0.104 e. The van der Waals surface area contributed by atoms with Crippen LogP contribution in [-0.4, -0.2) is 4.98 Å². The highest BCUT2D eigenvalue weighted by atomic mass is 32.1. The molecule has 1 atom stereocenters. The van der Waals surface area contributed by atoms with Crippen molar-refractivity contribution in [3.63, 3.8) is 0 Å². The van der Waals surface area contributed by atoms with E-state index in [1.165, 1.54) is 11.3 Å². The molecule has 0 saturated carbocycles. The van der Waals surface area contributed by atoms with Gasteiger partial charge in [0, 0.05) is 22.7 Å². The molecule has 0 spiro atoms. The summed E-state index contributed by atoms with van der Waals surface area (Å²) in [4.78, 5) is 5.47. The molecule has 0 amide bonds. The first-order valence-corrected chi connectivity index (χ1v) is 6.21. The van der Waals surface area contributed by atoms with Crippen LogP contribution in [0.5, 0.6) is 0 Å². The highest BCUT2D eigenvalue weighted by Gasteiger charge is 2.11. The van der Waals surface area contributed by atoms with Gasteiger partial charge >= 0.3 is 0 Å². The van der Waals surface area contributed by atoms with E-state index in [0.717, 1.165) is 17.0 Å². The van der Waals surface area contributed by atoms with Crippen LogP contribution in [0, 0.1) is 11.3 Å². The van der Waals surface area contributed by atoms with Crippen molar-refractivity contribution in [2.45, 2.75) is 19.3 Å². The van der Waals surface area contributed by atoms with Crippen LogP contribution in [0.2, 0.25) is 0 Å². The molecule has 0 fully saturated rings. The van der Waals surface area contributed by atoms with E-state index in [0.29, 0.717) is 16.5 Å². The van der Waals surface area contributed by atoms with Crippen LogP contribution >= 0.6 is 11.3 Å². The predicted octanol–water partition coefficient (Wildman–Crippen LogP) is 2.94. The second-order valence-electron chi connectivity index (χ2n) is 3.96. The molecule has 3 nitrogen and oxygen atoms in total. The number of nitriles is 1. The van der Waals surface area contributed by atoms with Gasteiger partial charge in [0.2, 0.25) is 0 Å². The van der Waals surface area contributed by atoms with E-state index in [9.17, 15) is 0 Å². The molecule has 1 unspecified atom stereocenters. The van der Waals surface area contributed by atoms with Crippen molar-refractivity contribution in [1.29, 1.82) is 5.26 Å². The summed E-state index contributed by atoms with van der Waals surface area (Å²) in [6.45, 7) is 2.13. The molecule has 86 valence electrons. The number of nitrogens with two attached hydrogens (primary N) is 1. The van der Waals surface area contributed by atoms with Crippen molar-refractivity contribution in [1.82, 2.24) is 4.98 Å². The summed E-state index contributed by atoms with van der Waals surface area (Å²) in [6.07, 6.45) is 2.67. The Balaban J connectivity index is 2.14. The normalized spacial score (nSPS) is 12.0. The predicted molar refractivity (Wildman–Crippen MR) is 69.8 cm³/mol. The molecule has 0 saturated heterocycles. The summed E-state index contributed by atoms with van der Waals surface area (Å²) in [5.41, 5.74) is 7.40. The van der Waals surface area contributed by atoms with Crippen molar-refractivity contribution in [3.8, 4) is 6.07 Å². The van der Waals surface area contributed by atoms with Crippen LogP contribution in [0.3, 0.4) is 0 Å². The van der Waals surface area contributed by atoms with Gasteiger partial charge in [-0.25, -0.2) is 0 Å². The molecule has 4 heteroatoms. The third kappa shape index (κ3) is 2.63. The van der Waals surface area contributed by atoms with Crippen molar-refractivity contribution in [2.75, 3.05) is 5.73 Å². The van der Waals surface area contributed by atoms with Gasteiger partial charge in [-0.15, -0.1) is 11.3 Å². The van der Waals surface area contributed by atoms with Gasteiger partial charge in [0.15, 0.2) is 0 Å². The summed E-state index contributed by atoms with van der Waals surface area (Å²) >= 11 is 1.49. The Hall–Kier alpha value is -1.86. The van der Waals surface area contributed by atoms with Crippen LogP contribution in [0.1, 0.15) is 29.0 Å². The molecule has 0 aliphatic heterocycles. The lowest BCUT2D eigenvalue weighted by molar-refractivity contribution is 0.739. The number of hydrogen-bond acceptors (Lipinski definition) is 4. The van der Waals surface area contributed by atoms with Gasteiger partial charge in [-0.2, -0.15) is 5.26 Å². The van der Waals surface area contributed by atoms with Gasteiger partial charge in [0.25, 0.3) is 0 Å². The molecule has 2 heterocycles. The molecular weight excluding hydrogens is 230 g/mol. The molecule has 0 aliphatic rings. The monoisotopic (exact) mass is 243 g/mol. The minimum absolute atomic E-state index is 0.334. The van der Waals surface area contributed by atoms with Gasteiger partial charge in [-0.05, 0) is 24.6 Å². The summed E-state index contributed by atoms with van der Waals surface area (Å²) in [7, 11) is 0. The van der Waals surface area contributed by atoms with E-state index >= 15 is 0 Å². The second-order valence-corrected chi connectivity index (χ2v) is 5.13. The molecule has 0 radical (unpaired) electrons. The average Bonchev–Trinajstić information content (AvgIpc) is 2.70. The zero-order valence-electron chi connectivity index (χ0n) is 9.55. The third-order valence-electron chi connectivity index (χ3n) is 2.63. The summed E-state index contributed by atoms with van der Waals surface area (Å²) in [5, 5.41) is 9.45. The molecule has 0 aromatic carbocycles. The number of pyridine rings is 1. The Morgan fingerprint density at radius 1 is 1.53 bits per heavy atom. The fourth-order valence-corrected chi connectivity index (χ4v) is 2.73. The molecular formula is C13H13N3S. The number of aromatic nitrogens is 1. The van der Waals surface area contributed by atoms with Gasteiger partial charge in [-0.3, -0.25) is 4.98 Å². The van der Waals surface area contributed by atoms with Crippen LogP contribution in [0.25, 0.3) is 0 Å². The number of nitrogens with zero attached hydrogens (tertiary/aromatic N) is 2. The van der Waals surface area contributed by atoms with E-state index in [4.69, 9.17) is 11.0 Å². The summed E-state index contributed by atoms with van der Waals surface area (Å²) in [6, 6.07) is 9.89. The standard InChI is InChI=1S/C13H13N3S/c1-9(12-4-2-3-5-16-12)6-11-7-10(8-14)13(15)17-11/h2-5,7,9H,6,15H2,1H3. The SMILES string of the molecule is CC(Cc1cc(C#N)c(N)s1)c1ccccn1. The smallest absolute Gasteiger partial charge is 0.104 e. The minimum atomic E-state index is 0.334. The fraction of sp³-hybridized carbons (Fsp3) is 0.231. The minimum Gasteiger partial charge on any atom is -0.389 e. The Morgan fingerprint density at radius 2 is 2.35 bits per heavy atom. The number of hydrogen-bond donors (Lipinski definition) is 1. The van der Waals surface area contributed by atoms with Crippen LogP contribution in [-0.2, 0) is 6.42 Å². The second kappa shape index (κ2) is 4.98. The van der Waals surface area contributed by atoms with Crippen molar-refractivity contribution < 1.29 is 0 Å². The van der Waals surface area contributed by atoms with Crippen molar-refractivity contribution >= 4 is 16.3 Å². The first kappa shape index (κ1) is 11.6. The molecule has 0 bridgehead atoms. The van der Waals surface area contributed by atoms with Crippen molar-refractivity contribution in [2.24, 2.45) is 0 Å². The maximum atomic E-state index is 8.85. The van der Waals surface area contributed by atoms with E-state index in [-0.39, 0.29) is 0 Å². The third-order valence-corrected chi connectivity index (χ3v) is 3.62. The van der Waals surface area contributed by atoms with E-state index in [2.05, 4.69) is 18.0 Å². The largest absolute Gasteiger partial charge is 0.389 e. The first-order chi connectivity index (χ1) is 8.20. The molecule has 0 aliphatic carbocycles. The highest BCUT2D eigenvalue weighted by Crippen LogP contribution is 2.28. The molecule has 17 heavy (non-hydrogen) atoms. The Morgan fingerprint density at radius 3 is 2.94 bits per heavy atom. The number of nitrogen functional groups attached to an aromatic ring is 1. The lowest BCUT2D eigenvalue weighted by Crippen LogP contribution is -1.99. The van der Waals surface area contributed by atoms with Gasteiger partial charge in [-0.1, -0.05) is 13.0 Å². The van der Waals surface area contributed by atoms with Crippen LogP contribution in [0.4, 0.5) is 5.00 Å². The maximum absolute atomic E-state index is 8.85. The Kier molecular flexibility index (Phi) is 3.40. The quantitative estimate of drug-likeness (QED) is 0.901. The van der Waals surface area contributed by atoms with E-state index in [1.54, 1.807) is 6.20 Å². The first-order valence-electron chi connectivity index (χ1n) is 5.40. The molecule has 2 rings (SSSR count). The van der Waals surface area contributed by atoms with Crippen LogP contribution < -0.4 is 5.73 Å². The fourth-order valence-electron chi connectivity index (χ4n) is 1.72. The zero-order chi connectivity index (χ0) is 12.3. The molecule has 2 aromatic rings. The zero-order valence-corrected chi connectivity index (χ0v) is 10.4. The lowest BCUT2D eigenvalue weighted by atomic mass is 10.0. The van der Waals surface area contributed by atoms with Crippen molar-refractivity contribution in [3.05, 3.63) is 46.6 Å². The van der Waals surface area contributed by atoms with Gasteiger partial charge in [0.1, 0.15) is 11.1 Å². The average molecular weight is 243 g/mol. The van der Waals surface area contributed by atoms with E-state index in [1.807, 2.05) is 24.3 Å². The topological polar surface area (TPSA) is 62.7 Å². The lowest BCUT2D eigenvalue weighted by Gasteiger charge is -2.08. The van der Waals surface area contributed by atoms with Crippen LogP contribution in [0.15, 0.2) is 30.5 Å². The number of anilines is 1. The number of thiophene rings is 1. The van der Waals surface area contributed by atoms with Gasteiger partial charge in [0.05, 0.1) is 5.56 Å². The summed E-state index contributed by atoms with van der Waals surface area (Å²) < 4.78 is 0. The number of rotatable bonds is 3. The highest BCUT2D eigenvalue weighted by molar-refractivity contribution is 7.16. The molecule has 2 aromatic heterocycles. The Labute approximate surface area is 105 Å². The van der Waals surface area contributed by atoms with Gasteiger partial charge < -0.3 is 5.73 Å². The van der Waals surface area contributed by atoms with E-state index < -0.39 is 0 Å². The molecule has 2 N–H and O–H groups in total.